The summed E-state index contributed by atoms with van der Waals surface area (Å²) in [6.07, 6.45) is 3.27. The van der Waals surface area contributed by atoms with Crippen LogP contribution < -0.4 is 0 Å². The lowest BCUT2D eigenvalue weighted by Gasteiger charge is -1.94. The minimum absolute atomic E-state index is 0.287. The van der Waals surface area contributed by atoms with Crippen molar-refractivity contribution in [1.29, 1.82) is 0 Å². The maximum Gasteiger partial charge on any atom is 0.358 e. The highest BCUT2D eigenvalue weighted by atomic mass is 16.5. The number of rotatable bonds is 2. The van der Waals surface area contributed by atoms with Gasteiger partial charge in [-0.2, -0.15) is 5.10 Å². The fourth-order valence-electron chi connectivity index (χ4n) is 1.27. The van der Waals surface area contributed by atoms with Gasteiger partial charge in [-0.3, -0.25) is 0 Å². The highest BCUT2D eigenvalue weighted by Crippen LogP contribution is 2.06. The van der Waals surface area contributed by atoms with Gasteiger partial charge in [0.2, 0.25) is 0 Å². The summed E-state index contributed by atoms with van der Waals surface area (Å²) in [5.74, 6) is -0.416. The zero-order valence-corrected chi connectivity index (χ0v) is 8.60. The van der Waals surface area contributed by atoms with Gasteiger partial charge in [0.25, 0.3) is 0 Å². The summed E-state index contributed by atoms with van der Waals surface area (Å²) in [6, 6.07) is 1.86. The minimum Gasteiger partial charge on any atom is -0.461 e. The molecule has 2 aromatic rings. The van der Waals surface area contributed by atoms with E-state index in [1.54, 1.807) is 23.8 Å². The molecule has 0 spiro atoms. The molecule has 0 N–H and O–H groups in total. The van der Waals surface area contributed by atoms with Crippen LogP contribution >= 0.6 is 0 Å². The molecule has 5 nitrogen and oxygen atoms in total. The van der Waals surface area contributed by atoms with E-state index in [1.807, 2.05) is 13.0 Å². The molecule has 0 aromatic carbocycles. The normalized spacial score (nSPS) is 10.5. The highest BCUT2D eigenvalue weighted by molar-refractivity contribution is 5.87. The predicted molar refractivity (Wildman–Crippen MR) is 53.7 cm³/mol. The van der Waals surface area contributed by atoms with Crippen LogP contribution in [0, 0.1) is 6.92 Å². The Hall–Kier alpha value is -1.91. The van der Waals surface area contributed by atoms with Crippen LogP contribution in [0.5, 0.6) is 0 Å². The Kier molecular flexibility index (Phi) is 2.37. The Balaban J connectivity index is 2.42. The molecular weight excluding hydrogens is 194 g/mol. The van der Waals surface area contributed by atoms with Crippen LogP contribution in [0.25, 0.3) is 5.65 Å². The maximum absolute atomic E-state index is 11.4. The molecule has 2 rings (SSSR count). The van der Waals surface area contributed by atoms with Gasteiger partial charge >= 0.3 is 5.97 Å². The SMILES string of the molecule is CCOC(=O)c1cn2ncc(C)cc2n1. The van der Waals surface area contributed by atoms with E-state index in [1.165, 1.54) is 0 Å². The Labute approximate surface area is 86.7 Å². The van der Waals surface area contributed by atoms with Crippen molar-refractivity contribution in [3.05, 3.63) is 29.7 Å². The van der Waals surface area contributed by atoms with Crippen LogP contribution in [-0.2, 0) is 4.74 Å². The Morgan fingerprint density at radius 3 is 3.13 bits per heavy atom. The predicted octanol–water partition coefficient (Wildman–Crippen LogP) is 1.21. The molecule has 0 aliphatic rings. The zero-order chi connectivity index (χ0) is 10.8. The monoisotopic (exact) mass is 205 g/mol. The molecule has 2 heterocycles. The second-order valence-electron chi connectivity index (χ2n) is 3.18. The number of esters is 1. The Morgan fingerprint density at radius 2 is 2.40 bits per heavy atom. The van der Waals surface area contributed by atoms with E-state index < -0.39 is 5.97 Å². The van der Waals surface area contributed by atoms with Crippen molar-refractivity contribution < 1.29 is 9.53 Å². The van der Waals surface area contributed by atoms with Crippen molar-refractivity contribution >= 4 is 11.6 Å². The molecule has 15 heavy (non-hydrogen) atoms. The van der Waals surface area contributed by atoms with Crippen LogP contribution in [0.15, 0.2) is 18.5 Å². The molecule has 0 bridgehead atoms. The smallest absolute Gasteiger partial charge is 0.358 e. The first kappa shape index (κ1) is 9.64. The van der Waals surface area contributed by atoms with E-state index in [0.717, 1.165) is 5.56 Å². The fourth-order valence-corrected chi connectivity index (χ4v) is 1.27. The number of carbonyl (C=O) groups is 1. The van der Waals surface area contributed by atoms with Crippen LogP contribution in [0.1, 0.15) is 23.0 Å². The molecule has 0 aliphatic carbocycles. The third kappa shape index (κ3) is 1.81. The summed E-state index contributed by atoms with van der Waals surface area (Å²) >= 11 is 0. The molecule has 0 unspecified atom stereocenters. The van der Waals surface area contributed by atoms with E-state index in [-0.39, 0.29) is 5.69 Å². The van der Waals surface area contributed by atoms with E-state index in [4.69, 9.17) is 4.74 Å². The van der Waals surface area contributed by atoms with E-state index in [2.05, 4.69) is 10.1 Å². The fraction of sp³-hybridized carbons (Fsp3) is 0.300. The van der Waals surface area contributed by atoms with Gasteiger partial charge in [0.1, 0.15) is 0 Å². The van der Waals surface area contributed by atoms with Crippen molar-refractivity contribution in [3.8, 4) is 0 Å². The molecule has 0 saturated carbocycles. The van der Waals surface area contributed by atoms with Gasteiger partial charge in [0.15, 0.2) is 11.3 Å². The number of imidazole rings is 1. The summed E-state index contributed by atoms with van der Waals surface area (Å²) in [7, 11) is 0. The molecule has 0 radical (unpaired) electrons. The van der Waals surface area contributed by atoms with Crippen molar-refractivity contribution in [2.24, 2.45) is 0 Å². The second-order valence-corrected chi connectivity index (χ2v) is 3.18. The lowest BCUT2D eigenvalue weighted by atomic mass is 10.3. The third-order valence-electron chi connectivity index (χ3n) is 1.94. The van der Waals surface area contributed by atoms with Gasteiger partial charge in [-0.1, -0.05) is 0 Å². The standard InChI is InChI=1S/C10H11N3O2/c1-3-15-10(14)8-6-13-9(12-8)4-7(2)5-11-13/h4-6H,3H2,1-2H3. The average molecular weight is 205 g/mol. The molecule has 5 heteroatoms. The largest absolute Gasteiger partial charge is 0.461 e. The van der Waals surface area contributed by atoms with Gasteiger partial charge in [0, 0.05) is 0 Å². The van der Waals surface area contributed by atoms with Crippen molar-refractivity contribution in [2.45, 2.75) is 13.8 Å². The summed E-state index contributed by atoms with van der Waals surface area (Å²) in [5.41, 5.74) is 1.94. The first-order valence-electron chi connectivity index (χ1n) is 4.70. The maximum atomic E-state index is 11.4. The number of ether oxygens (including phenoxy) is 1. The number of aromatic nitrogens is 3. The van der Waals surface area contributed by atoms with Crippen LogP contribution in [-0.4, -0.2) is 27.2 Å². The minimum atomic E-state index is -0.416. The van der Waals surface area contributed by atoms with Crippen LogP contribution in [0.4, 0.5) is 0 Å². The number of carbonyl (C=O) groups excluding carboxylic acids is 1. The number of aryl methyl sites for hydroxylation is 1. The summed E-state index contributed by atoms with van der Waals surface area (Å²) in [4.78, 5) is 15.5. The molecule has 0 aliphatic heterocycles. The molecule has 0 amide bonds. The average Bonchev–Trinajstić information content (AvgIpc) is 2.60. The lowest BCUT2D eigenvalue weighted by molar-refractivity contribution is 0.0520. The number of fused-ring (bicyclic) bond motifs is 1. The second kappa shape index (κ2) is 3.68. The quantitative estimate of drug-likeness (QED) is 0.691. The Bertz CT molecular complexity index is 504. The number of hydrogen-bond acceptors (Lipinski definition) is 4. The van der Waals surface area contributed by atoms with Crippen molar-refractivity contribution in [1.82, 2.24) is 14.6 Å². The first-order valence-corrected chi connectivity index (χ1v) is 4.70. The molecule has 0 atom stereocenters. The Morgan fingerprint density at radius 1 is 1.60 bits per heavy atom. The van der Waals surface area contributed by atoms with E-state index >= 15 is 0 Å². The third-order valence-corrected chi connectivity index (χ3v) is 1.94. The van der Waals surface area contributed by atoms with Crippen molar-refractivity contribution in [3.63, 3.8) is 0 Å². The molecule has 2 aromatic heterocycles. The molecule has 78 valence electrons. The van der Waals surface area contributed by atoms with Crippen LogP contribution in [0.2, 0.25) is 0 Å². The van der Waals surface area contributed by atoms with Gasteiger partial charge in [-0.15, -0.1) is 0 Å². The van der Waals surface area contributed by atoms with Gasteiger partial charge in [0.05, 0.1) is 19.0 Å². The van der Waals surface area contributed by atoms with Gasteiger partial charge in [-0.25, -0.2) is 14.3 Å². The summed E-state index contributed by atoms with van der Waals surface area (Å²) < 4.78 is 6.40. The zero-order valence-electron chi connectivity index (χ0n) is 8.60. The molecule has 0 saturated heterocycles. The topological polar surface area (TPSA) is 56.5 Å². The number of nitrogens with zero attached hydrogens (tertiary/aromatic N) is 3. The van der Waals surface area contributed by atoms with Crippen LogP contribution in [0.3, 0.4) is 0 Å². The highest BCUT2D eigenvalue weighted by Gasteiger charge is 2.11. The summed E-state index contributed by atoms with van der Waals surface area (Å²) in [5, 5.41) is 4.09. The summed E-state index contributed by atoms with van der Waals surface area (Å²) in [6.45, 7) is 4.03. The first-order chi connectivity index (χ1) is 7.20. The van der Waals surface area contributed by atoms with E-state index in [9.17, 15) is 4.79 Å². The van der Waals surface area contributed by atoms with Crippen molar-refractivity contribution in [2.75, 3.05) is 6.61 Å². The molecular formula is C10H11N3O2. The van der Waals surface area contributed by atoms with Gasteiger partial charge < -0.3 is 4.74 Å². The molecule has 0 fully saturated rings. The van der Waals surface area contributed by atoms with Gasteiger partial charge in [-0.05, 0) is 25.5 Å². The van der Waals surface area contributed by atoms with E-state index in [0.29, 0.717) is 12.3 Å². The number of hydrogen-bond donors (Lipinski definition) is 0. The lowest BCUT2D eigenvalue weighted by Crippen LogP contribution is -2.04.